The number of urea groups is 1. The predicted molar refractivity (Wildman–Crippen MR) is 104 cm³/mol. The van der Waals surface area contributed by atoms with Gasteiger partial charge in [0.2, 0.25) is 5.91 Å². The van der Waals surface area contributed by atoms with E-state index >= 15 is 0 Å². The number of imide groups is 1. The number of thiophene rings is 1. The highest BCUT2D eigenvalue weighted by atomic mass is 32.1. The second-order valence-corrected chi connectivity index (χ2v) is 8.69. The first kappa shape index (κ1) is 20.3. The van der Waals surface area contributed by atoms with E-state index in [1.807, 2.05) is 13.8 Å². The van der Waals surface area contributed by atoms with Crippen molar-refractivity contribution in [1.82, 2.24) is 10.2 Å². The number of hydrogen-bond acceptors (Lipinski definition) is 6. The molecule has 2 N–H and O–H groups in total. The van der Waals surface area contributed by atoms with Crippen LogP contribution in [0.3, 0.4) is 0 Å². The highest BCUT2D eigenvalue weighted by molar-refractivity contribution is 7.16. The van der Waals surface area contributed by atoms with Gasteiger partial charge < -0.3 is 15.4 Å². The first-order valence-corrected chi connectivity index (χ1v) is 10.1. The third kappa shape index (κ3) is 3.28. The highest BCUT2D eigenvalue weighted by Crippen LogP contribution is 2.38. The van der Waals surface area contributed by atoms with Crippen LogP contribution in [0.4, 0.5) is 9.80 Å². The molecule has 2 heterocycles. The van der Waals surface area contributed by atoms with Gasteiger partial charge in [0.25, 0.3) is 5.91 Å². The van der Waals surface area contributed by atoms with Crippen molar-refractivity contribution in [3.8, 4) is 0 Å². The van der Waals surface area contributed by atoms with E-state index in [9.17, 15) is 19.2 Å². The molecular formula is C19H25N3O5S. The summed E-state index contributed by atoms with van der Waals surface area (Å²) in [6.45, 7) is 5.18. The standard InChI is InChI=1S/C19H25N3O5S/c1-10-7-5-6-8-19(10)17(25)22(18(26)21-19)9-13(23)20-15-14(16(24)27-4)11(2)12(3)28-15/h10H,5-9H2,1-4H3,(H,20,23)(H,21,26)/t10-,19+/m0/s1. The van der Waals surface area contributed by atoms with Crippen molar-refractivity contribution in [2.75, 3.05) is 19.0 Å². The summed E-state index contributed by atoms with van der Waals surface area (Å²) in [6.07, 6.45) is 3.35. The molecule has 0 unspecified atom stereocenters. The number of nitrogens with zero attached hydrogens (tertiary/aromatic N) is 1. The molecule has 1 spiro atoms. The maximum atomic E-state index is 13.0. The lowest BCUT2D eigenvalue weighted by Crippen LogP contribution is -2.54. The Morgan fingerprint density at radius 2 is 2.04 bits per heavy atom. The Kier molecular flexibility index (Phi) is 5.47. The third-order valence-electron chi connectivity index (χ3n) is 5.83. The molecule has 3 rings (SSSR count). The van der Waals surface area contributed by atoms with E-state index in [2.05, 4.69) is 10.6 Å². The molecule has 1 aliphatic carbocycles. The Hall–Kier alpha value is -2.42. The van der Waals surface area contributed by atoms with E-state index < -0.39 is 30.0 Å². The van der Waals surface area contributed by atoms with Gasteiger partial charge in [-0.2, -0.15) is 0 Å². The van der Waals surface area contributed by atoms with Crippen LogP contribution >= 0.6 is 11.3 Å². The number of aryl methyl sites for hydroxylation is 1. The van der Waals surface area contributed by atoms with Gasteiger partial charge in [0.15, 0.2) is 0 Å². The normalized spacial score (nSPS) is 24.4. The van der Waals surface area contributed by atoms with Crippen LogP contribution in [0.15, 0.2) is 0 Å². The van der Waals surface area contributed by atoms with E-state index in [-0.39, 0.29) is 11.8 Å². The molecule has 8 nitrogen and oxygen atoms in total. The summed E-state index contributed by atoms with van der Waals surface area (Å²) in [4.78, 5) is 51.8. The number of esters is 1. The average molecular weight is 407 g/mol. The number of methoxy groups -OCH3 is 1. The Balaban J connectivity index is 1.76. The molecule has 2 aliphatic rings. The zero-order chi connectivity index (χ0) is 20.6. The summed E-state index contributed by atoms with van der Waals surface area (Å²) in [5.74, 6) is -1.39. The fourth-order valence-electron chi connectivity index (χ4n) is 4.01. The molecule has 1 saturated heterocycles. The van der Waals surface area contributed by atoms with Crippen molar-refractivity contribution in [3.05, 3.63) is 16.0 Å². The van der Waals surface area contributed by atoms with Gasteiger partial charge in [-0.05, 0) is 38.2 Å². The van der Waals surface area contributed by atoms with Crippen LogP contribution in [0.5, 0.6) is 0 Å². The quantitative estimate of drug-likeness (QED) is 0.590. The minimum absolute atomic E-state index is 0.0271. The van der Waals surface area contributed by atoms with E-state index in [0.29, 0.717) is 17.0 Å². The number of anilines is 1. The molecule has 1 saturated carbocycles. The summed E-state index contributed by atoms with van der Waals surface area (Å²) >= 11 is 1.26. The van der Waals surface area contributed by atoms with Crippen LogP contribution < -0.4 is 10.6 Å². The number of hydrogen-bond donors (Lipinski definition) is 2. The van der Waals surface area contributed by atoms with E-state index in [1.54, 1.807) is 6.92 Å². The summed E-state index contributed by atoms with van der Waals surface area (Å²) in [6, 6.07) is -0.541. The molecular weight excluding hydrogens is 382 g/mol. The lowest BCUT2D eigenvalue weighted by molar-refractivity contribution is -0.136. The van der Waals surface area contributed by atoms with Crippen molar-refractivity contribution in [2.24, 2.45) is 5.92 Å². The van der Waals surface area contributed by atoms with Gasteiger partial charge in [-0.3, -0.25) is 14.5 Å². The Labute approximate surface area is 167 Å². The Bertz CT molecular complexity index is 849. The van der Waals surface area contributed by atoms with E-state index in [0.717, 1.165) is 34.6 Å². The maximum Gasteiger partial charge on any atom is 0.341 e. The van der Waals surface area contributed by atoms with E-state index in [4.69, 9.17) is 4.74 Å². The molecule has 0 radical (unpaired) electrons. The lowest BCUT2D eigenvalue weighted by Gasteiger charge is -2.36. The minimum Gasteiger partial charge on any atom is -0.465 e. The molecule has 0 aromatic carbocycles. The second-order valence-electron chi connectivity index (χ2n) is 7.47. The molecule has 9 heteroatoms. The van der Waals surface area contributed by atoms with Crippen LogP contribution in [0, 0.1) is 19.8 Å². The monoisotopic (exact) mass is 407 g/mol. The van der Waals surface area contributed by atoms with Crippen LogP contribution in [0.25, 0.3) is 0 Å². The first-order chi connectivity index (χ1) is 13.2. The van der Waals surface area contributed by atoms with Gasteiger partial charge in [-0.15, -0.1) is 11.3 Å². The van der Waals surface area contributed by atoms with Crippen molar-refractivity contribution in [1.29, 1.82) is 0 Å². The summed E-state index contributed by atoms with van der Waals surface area (Å²) in [5, 5.41) is 5.85. The highest BCUT2D eigenvalue weighted by Gasteiger charge is 2.55. The Morgan fingerprint density at radius 1 is 1.32 bits per heavy atom. The van der Waals surface area contributed by atoms with Crippen LogP contribution in [0.1, 0.15) is 53.4 Å². The molecule has 28 heavy (non-hydrogen) atoms. The predicted octanol–water partition coefficient (Wildman–Crippen LogP) is 2.59. The fraction of sp³-hybridized carbons (Fsp3) is 0.579. The molecule has 0 bridgehead atoms. The van der Waals surface area contributed by atoms with Gasteiger partial charge in [0.05, 0.1) is 12.7 Å². The topological polar surface area (TPSA) is 105 Å². The number of nitrogens with one attached hydrogen (secondary N) is 2. The lowest BCUT2D eigenvalue weighted by atomic mass is 9.73. The van der Waals surface area contributed by atoms with Gasteiger partial charge in [-0.25, -0.2) is 9.59 Å². The number of amides is 4. The molecule has 4 amide bonds. The molecule has 1 aliphatic heterocycles. The number of carbonyl (C=O) groups excluding carboxylic acids is 4. The van der Waals surface area contributed by atoms with Gasteiger partial charge in [-0.1, -0.05) is 19.8 Å². The fourth-order valence-corrected chi connectivity index (χ4v) is 5.08. The molecule has 2 fully saturated rings. The van der Waals surface area contributed by atoms with Crippen molar-refractivity contribution < 1.29 is 23.9 Å². The minimum atomic E-state index is -0.900. The molecule has 1 aromatic heterocycles. The van der Waals surface area contributed by atoms with Crippen molar-refractivity contribution >= 4 is 40.2 Å². The maximum absolute atomic E-state index is 13.0. The summed E-state index contributed by atoms with van der Waals surface area (Å²) in [5.41, 5.74) is 0.133. The zero-order valence-corrected chi connectivity index (χ0v) is 17.3. The SMILES string of the molecule is COC(=O)c1c(NC(=O)CN2C(=O)N[C@@]3(CCCC[C@@H]3C)C2=O)sc(C)c1C. The molecule has 1 aromatic rings. The van der Waals surface area contributed by atoms with Gasteiger partial charge in [0.1, 0.15) is 17.1 Å². The average Bonchev–Trinajstić information content (AvgIpc) is 3.05. The number of ether oxygens (including phenoxy) is 1. The van der Waals surface area contributed by atoms with Crippen molar-refractivity contribution in [3.63, 3.8) is 0 Å². The second kappa shape index (κ2) is 7.54. The largest absolute Gasteiger partial charge is 0.465 e. The van der Waals surface area contributed by atoms with Gasteiger partial charge >= 0.3 is 12.0 Å². The number of carbonyl (C=O) groups is 4. The Morgan fingerprint density at radius 3 is 2.68 bits per heavy atom. The van der Waals surface area contributed by atoms with Crippen LogP contribution in [0.2, 0.25) is 0 Å². The van der Waals surface area contributed by atoms with Gasteiger partial charge in [0, 0.05) is 4.88 Å². The molecule has 2 atom stereocenters. The first-order valence-electron chi connectivity index (χ1n) is 9.33. The smallest absolute Gasteiger partial charge is 0.341 e. The van der Waals surface area contributed by atoms with Crippen LogP contribution in [-0.2, 0) is 14.3 Å². The number of rotatable bonds is 4. The zero-order valence-electron chi connectivity index (χ0n) is 16.5. The summed E-state index contributed by atoms with van der Waals surface area (Å²) < 4.78 is 4.79. The van der Waals surface area contributed by atoms with E-state index in [1.165, 1.54) is 18.4 Å². The summed E-state index contributed by atoms with van der Waals surface area (Å²) in [7, 11) is 1.28. The van der Waals surface area contributed by atoms with Crippen molar-refractivity contribution in [2.45, 2.75) is 52.0 Å². The van der Waals surface area contributed by atoms with Crippen LogP contribution in [-0.4, -0.2) is 47.9 Å². The molecule has 152 valence electrons. The third-order valence-corrected chi connectivity index (χ3v) is 6.95.